The molecule has 2 aromatic rings. The topological polar surface area (TPSA) is 43.1 Å². The third-order valence-electron chi connectivity index (χ3n) is 2.46. The number of aryl methyl sites for hydroxylation is 1. The van der Waals surface area contributed by atoms with E-state index in [-0.39, 0.29) is 0 Å². The molecule has 1 aromatic heterocycles. The summed E-state index contributed by atoms with van der Waals surface area (Å²) in [5.74, 6) is 0.543. The fourth-order valence-corrected chi connectivity index (χ4v) is 4.56. The molecule has 0 bridgehead atoms. The van der Waals surface area contributed by atoms with Crippen LogP contribution in [0.3, 0.4) is 0 Å². The molecule has 1 unspecified atom stereocenters. The fourth-order valence-electron chi connectivity index (χ4n) is 1.42. The van der Waals surface area contributed by atoms with Crippen LogP contribution in [0.15, 0.2) is 39.0 Å². The highest BCUT2D eigenvalue weighted by molar-refractivity contribution is 9.10. The number of thiophene rings is 1. The van der Waals surface area contributed by atoms with Crippen LogP contribution >= 0.6 is 27.3 Å². The van der Waals surface area contributed by atoms with Crippen molar-refractivity contribution in [3.05, 3.63) is 44.6 Å². The lowest BCUT2D eigenvalue weighted by atomic mass is 10.2. The molecular weight excluding hydrogens is 318 g/mol. The number of benzene rings is 1. The van der Waals surface area contributed by atoms with Crippen LogP contribution in [0.4, 0.5) is 5.69 Å². The van der Waals surface area contributed by atoms with Gasteiger partial charge in [0.25, 0.3) is 0 Å². The first-order chi connectivity index (χ1) is 8.08. The van der Waals surface area contributed by atoms with Crippen molar-refractivity contribution in [1.82, 2.24) is 0 Å². The second-order valence-electron chi connectivity index (χ2n) is 3.70. The minimum Gasteiger partial charge on any atom is -0.399 e. The van der Waals surface area contributed by atoms with Crippen molar-refractivity contribution in [3.8, 4) is 0 Å². The van der Waals surface area contributed by atoms with Gasteiger partial charge < -0.3 is 5.73 Å². The molecule has 2 nitrogen and oxygen atoms in total. The Morgan fingerprint density at radius 2 is 2.18 bits per heavy atom. The van der Waals surface area contributed by atoms with Gasteiger partial charge in [0.2, 0.25) is 0 Å². The molecule has 1 atom stereocenters. The average Bonchev–Trinajstić information content (AvgIpc) is 2.68. The molecule has 0 spiro atoms. The summed E-state index contributed by atoms with van der Waals surface area (Å²) in [5, 5.41) is 1.99. The van der Waals surface area contributed by atoms with Crippen LogP contribution in [0.5, 0.6) is 0 Å². The fraction of sp³-hybridized carbons (Fsp3) is 0.167. The number of hydrogen-bond acceptors (Lipinski definition) is 3. The van der Waals surface area contributed by atoms with Crippen LogP contribution in [-0.2, 0) is 16.6 Å². The number of halogens is 1. The Labute approximate surface area is 115 Å². The summed E-state index contributed by atoms with van der Waals surface area (Å²) in [5.41, 5.74) is 7.46. The smallest absolute Gasteiger partial charge is 0.0637 e. The summed E-state index contributed by atoms with van der Waals surface area (Å²) in [6, 6.07) is 7.52. The van der Waals surface area contributed by atoms with Crippen molar-refractivity contribution in [2.75, 3.05) is 5.73 Å². The van der Waals surface area contributed by atoms with Crippen molar-refractivity contribution in [1.29, 1.82) is 0 Å². The van der Waals surface area contributed by atoms with Gasteiger partial charge in [0.15, 0.2) is 0 Å². The Balaban J connectivity index is 2.20. The minimum atomic E-state index is -1.02. The second kappa shape index (κ2) is 5.33. The summed E-state index contributed by atoms with van der Waals surface area (Å²) >= 11 is 5.06. The summed E-state index contributed by atoms with van der Waals surface area (Å²) in [4.78, 5) is 1.94. The molecule has 17 heavy (non-hydrogen) atoms. The van der Waals surface area contributed by atoms with Gasteiger partial charge in [-0.2, -0.15) is 0 Å². The molecule has 0 amide bonds. The zero-order valence-electron chi connectivity index (χ0n) is 9.27. The average molecular weight is 330 g/mol. The Kier molecular flexibility index (Phi) is 4.01. The molecule has 2 N–H and O–H groups in total. The molecule has 0 aliphatic rings. The first-order valence-corrected chi connectivity index (χ1v) is 8.03. The van der Waals surface area contributed by atoms with E-state index >= 15 is 0 Å². The molecule has 5 heteroatoms. The number of nitrogen functional groups attached to an aromatic ring is 1. The molecule has 2 rings (SSSR count). The zero-order valence-corrected chi connectivity index (χ0v) is 12.5. The zero-order chi connectivity index (χ0) is 12.4. The normalized spacial score (nSPS) is 12.6. The monoisotopic (exact) mass is 329 g/mol. The second-order valence-corrected chi connectivity index (χ2v) is 7.01. The lowest BCUT2D eigenvalue weighted by Gasteiger charge is -2.05. The summed E-state index contributed by atoms with van der Waals surface area (Å²) in [6.07, 6.45) is 0. The van der Waals surface area contributed by atoms with Crippen LogP contribution in [0.1, 0.15) is 10.4 Å². The van der Waals surface area contributed by atoms with E-state index in [4.69, 9.17) is 5.73 Å². The van der Waals surface area contributed by atoms with Crippen molar-refractivity contribution >= 4 is 43.8 Å². The highest BCUT2D eigenvalue weighted by atomic mass is 79.9. The van der Waals surface area contributed by atoms with E-state index in [1.807, 2.05) is 36.6 Å². The maximum atomic E-state index is 12.2. The van der Waals surface area contributed by atoms with Gasteiger partial charge in [-0.1, -0.05) is 0 Å². The van der Waals surface area contributed by atoms with E-state index in [0.717, 1.165) is 25.5 Å². The van der Waals surface area contributed by atoms with Crippen molar-refractivity contribution in [2.24, 2.45) is 0 Å². The first kappa shape index (κ1) is 12.8. The predicted molar refractivity (Wildman–Crippen MR) is 77.7 cm³/mol. The van der Waals surface area contributed by atoms with Gasteiger partial charge in [0, 0.05) is 19.9 Å². The predicted octanol–water partition coefficient (Wildman–Crippen LogP) is 3.71. The highest BCUT2D eigenvalue weighted by Gasteiger charge is 2.09. The maximum Gasteiger partial charge on any atom is 0.0637 e. The number of nitrogens with two attached hydrogens (primary N) is 1. The molecule has 0 saturated carbocycles. The molecule has 1 aromatic carbocycles. The quantitative estimate of drug-likeness (QED) is 0.872. The number of anilines is 1. The number of rotatable bonds is 3. The van der Waals surface area contributed by atoms with E-state index in [1.165, 1.54) is 0 Å². The Morgan fingerprint density at radius 3 is 2.76 bits per heavy atom. The SMILES string of the molecule is Cc1cc(S(=O)Cc2sccc2Br)ccc1N. The van der Waals surface area contributed by atoms with E-state index in [1.54, 1.807) is 11.3 Å². The molecule has 0 aliphatic heterocycles. The molecular formula is C12H12BrNOS2. The van der Waals surface area contributed by atoms with Crippen LogP contribution in [-0.4, -0.2) is 4.21 Å². The molecule has 90 valence electrons. The standard InChI is InChI=1S/C12H12BrNOS2/c1-8-6-9(2-3-11(8)14)17(15)7-12-10(13)4-5-16-12/h2-6H,7,14H2,1H3. The first-order valence-electron chi connectivity index (χ1n) is 5.04. The van der Waals surface area contributed by atoms with Crippen LogP contribution < -0.4 is 5.73 Å². The van der Waals surface area contributed by atoms with Crippen molar-refractivity contribution in [2.45, 2.75) is 17.6 Å². The number of hydrogen-bond donors (Lipinski definition) is 1. The van der Waals surface area contributed by atoms with Gasteiger partial charge in [-0.05, 0) is 58.1 Å². The molecule has 0 fully saturated rings. The molecule has 0 saturated heterocycles. The largest absolute Gasteiger partial charge is 0.399 e. The van der Waals surface area contributed by atoms with Gasteiger partial charge >= 0.3 is 0 Å². The molecule has 1 heterocycles. The van der Waals surface area contributed by atoms with E-state index < -0.39 is 10.8 Å². The lowest BCUT2D eigenvalue weighted by Crippen LogP contribution is -1.97. The Morgan fingerprint density at radius 1 is 1.41 bits per heavy atom. The van der Waals surface area contributed by atoms with E-state index in [9.17, 15) is 4.21 Å². The lowest BCUT2D eigenvalue weighted by molar-refractivity contribution is 0.683. The van der Waals surface area contributed by atoms with Crippen LogP contribution in [0.25, 0.3) is 0 Å². The van der Waals surface area contributed by atoms with Crippen LogP contribution in [0.2, 0.25) is 0 Å². The maximum absolute atomic E-state index is 12.2. The van der Waals surface area contributed by atoms with Gasteiger partial charge in [-0.25, -0.2) is 0 Å². The highest BCUT2D eigenvalue weighted by Crippen LogP contribution is 2.26. The van der Waals surface area contributed by atoms with Gasteiger partial charge in [0.1, 0.15) is 0 Å². The van der Waals surface area contributed by atoms with Crippen molar-refractivity contribution < 1.29 is 4.21 Å². The van der Waals surface area contributed by atoms with Crippen LogP contribution in [0, 0.1) is 6.92 Å². The summed E-state index contributed by atoms with van der Waals surface area (Å²) in [7, 11) is -1.02. The Bertz CT molecular complexity index is 565. The van der Waals surface area contributed by atoms with Gasteiger partial charge in [-0.3, -0.25) is 4.21 Å². The van der Waals surface area contributed by atoms with Crippen molar-refractivity contribution in [3.63, 3.8) is 0 Å². The van der Waals surface area contributed by atoms with E-state index in [2.05, 4.69) is 15.9 Å². The van der Waals surface area contributed by atoms with Gasteiger partial charge in [-0.15, -0.1) is 11.3 Å². The molecule has 0 radical (unpaired) electrons. The Hall–Kier alpha value is -0.650. The summed E-state index contributed by atoms with van der Waals surface area (Å²) < 4.78 is 13.2. The molecule has 0 aliphatic carbocycles. The summed E-state index contributed by atoms with van der Waals surface area (Å²) in [6.45, 7) is 1.93. The third-order valence-corrected chi connectivity index (χ3v) is 5.90. The minimum absolute atomic E-state index is 0.543. The third kappa shape index (κ3) is 2.97. The van der Waals surface area contributed by atoms with E-state index in [0.29, 0.717) is 5.75 Å². The van der Waals surface area contributed by atoms with Gasteiger partial charge in [0.05, 0.1) is 16.6 Å².